The van der Waals surface area contributed by atoms with Gasteiger partial charge in [0.2, 0.25) is 10.0 Å². The van der Waals surface area contributed by atoms with E-state index in [9.17, 15) is 18.0 Å². The second kappa shape index (κ2) is 7.41. The van der Waals surface area contributed by atoms with E-state index < -0.39 is 22.1 Å². The molecule has 0 N–H and O–H groups in total. The van der Waals surface area contributed by atoms with Gasteiger partial charge < -0.3 is 9.47 Å². The third-order valence-corrected chi connectivity index (χ3v) is 6.63. The highest BCUT2D eigenvalue weighted by Gasteiger charge is 2.31. The van der Waals surface area contributed by atoms with Crippen LogP contribution in [0.2, 0.25) is 5.02 Å². The van der Waals surface area contributed by atoms with Crippen LogP contribution >= 0.6 is 11.6 Å². The first-order valence-electron chi connectivity index (χ1n) is 8.01. The lowest BCUT2D eigenvalue weighted by atomic mass is 10.2. The molecule has 0 spiro atoms. The zero-order valence-electron chi connectivity index (χ0n) is 13.4. The zero-order chi connectivity index (χ0) is 18.0. The molecule has 0 bridgehead atoms. The van der Waals surface area contributed by atoms with E-state index in [1.807, 2.05) is 0 Å². The number of ketones is 1. The summed E-state index contributed by atoms with van der Waals surface area (Å²) in [6, 6.07) is 3.94. The van der Waals surface area contributed by atoms with Gasteiger partial charge in [0.25, 0.3) is 0 Å². The van der Waals surface area contributed by atoms with Crippen LogP contribution < -0.4 is 0 Å². The lowest BCUT2D eigenvalue weighted by Gasteiger charge is -2.26. The Morgan fingerprint density at radius 3 is 2.64 bits per heavy atom. The normalized spacial score (nSPS) is 22.1. The van der Waals surface area contributed by atoms with Crippen molar-refractivity contribution in [2.24, 2.45) is 0 Å². The molecule has 1 aliphatic heterocycles. The maximum atomic E-state index is 12.8. The fourth-order valence-corrected chi connectivity index (χ4v) is 4.77. The van der Waals surface area contributed by atoms with E-state index in [2.05, 4.69) is 0 Å². The first-order chi connectivity index (χ1) is 11.9. The lowest BCUT2D eigenvalue weighted by Crippen LogP contribution is -2.40. The maximum Gasteiger partial charge on any atom is 0.338 e. The number of hydrogen-bond acceptors (Lipinski definition) is 6. The van der Waals surface area contributed by atoms with Crippen LogP contribution in [0, 0.1) is 0 Å². The molecule has 3 rings (SSSR count). The first kappa shape index (κ1) is 18.3. The molecular formula is C16H18ClNO6S. The topological polar surface area (TPSA) is 90.0 Å². The molecule has 0 unspecified atom stereocenters. The third-order valence-electron chi connectivity index (χ3n) is 4.25. The Hall–Kier alpha value is -1.48. The van der Waals surface area contributed by atoms with Gasteiger partial charge in [-0.2, -0.15) is 4.31 Å². The second-order valence-corrected chi connectivity index (χ2v) is 8.23. The number of rotatable bonds is 4. The maximum absolute atomic E-state index is 12.8. The van der Waals surface area contributed by atoms with E-state index in [1.165, 1.54) is 22.5 Å². The van der Waals surface area contributed by atoms with Gasteiger partial charge in [-0.1, -0.05) is 11.6 Å². The SMILES string of the molecule is O=C(O[C@@H]1CCCC1=O)c1ccc(Cl)c(S(=O)(=O)N2CCOCC2)c1. The molecule has 1 aliphatic carbocycles. The van der Waals surface area contributed by atoms with Gasteiger partial charge in [-0.3, -0.25) is 4.79 Å². The number of esters is 1. The molecule has 1 saturated heterocycles. The third kappa shape index (κ3) is 3.87. The molecule has 1 aromatic carbocycles. The molecule has 9 heteroatoms. The van der Waals surface area contributed by atoms with Crippen LogP contribution in [0.4, 0.5) is 0 Å². The molecule has 1 atom stereocenters. The van der Waals surface area contributed by atoms with Crippen molar-refractivity contribution in [1.29, 1.82) is 0 Å². The van der Waals surface area contributed by atoms with E-state index in [0.29, 0.717) is 32.5 Å². The summed E-state index contributed by atoms with van der Waals surface area (Å²) in [5.41, 5.74) is 0.0518. The summed E-state index contributed by atoms with van der Waals surface area (Å²) in [5.74, 6) is -0.834. The van der Waals surface area contributed by atoms with Crippen LogP contribution in [0.1, 0.15) is 29.6 Å². The quantitative estimate of drug-likeness (QED) is 0.729. The molecule has 0 radical (unpaired) electrons. The Morgan fingerprint density at radius 2 is 2.00 bits per heavy atom. The zero-order valence-corrected chi connectivity index (χ0v) is 15.0. The highest BCUT2D eigenvalue weighted by molar-refractivity contribution is 7.89. The summed E-state index contributed by atoms with van der Waals surface area (Å²) in [7, 11) is -3.84. The van der Waals surface area contributed by atoms with Crippen molar-refractivity contribution in [3.05, 3.63) is 28.8 Å². The van der Waals surface area contributed by atoms with Crippen LogP contribution in [0.25, 0.3) is 0 Å². The minimum atomic E-state index is -3.84. The van der Waals surface area contributed by atoms with E-state index in [-0.39, 0.29) is 34.4 Å². The molecule has 1 saturated carbocycles. The van der Waals surface area contributed by atoms with Gasteiger partial charge in [0, 0.05) is 19.5 Å². The molecular weight excluding hydrogens is 370 g/mol. The average molecular weight is 388 g/mol. The Labute approximate surface area is 150 Å². The highest BCUT2D eigenvalue weighted by atomic mass is 35.5. The highest BCUT2D eigenvalue weighted by Crippen LogP contribution is 2.27. The summed E-state index contributed by atoms with van der Waals surface area (Å²) < 4.78 is 37.2. The van der Waals surface area contributed by atoms with Crippen LogP contribution in [-0.2, 0) is 24.3 Å². The second-order valence-electron chi connectivity index (χ2n) is 5.91. The number of Topliss-reactive ketones (excluding diaryl/α,β-unsaturated/α-hetero) is 1. The number of nitrogens with zero attached hydrogens (tertiary/aromatic N) is 1. The summed E-state index contributed by atoms with van der Waals surface area (Å²) >= 11 is 6.05. The van der Waals surface area contributed by atoms with Gasteiger partial charge >= 0.3 is 5.97 Å². The van der Waals surface area contributed by atoms with Crippen molar-refractivity contribution in [2.45, 2.75) is 30.3 Å². The predicted octanol–water partition coefficient (Wildman–Crippen LogP) is 1.64. The first-order valence-corrected chi connectivity index (χ1v) is 9.82. The number of ether oxygens (including phenoxy) is 2. The fourth-order valence-electron chi connectivity index (χ4n) is 2.86. The van der Waals surface area contributed by atoms with Gasteiger partial charge in [0.05, 0.1) is 23.8 Å². The Bertz CT molecular complexity index is 788. The van der Waals surface area contributed by atoms with Gasteiger partial charge in [-0.25, -0.2) is 13.2 Å². The van der Waals surface area contributed by atoms with Gasteiger partial charge in [0.1, 0.15) is 4.90 Å². The van der Waals surface area contributed by atoms with Crippen LogP contribution in [0.15, 0.2) is 23.1 Å². The van der Waals surface area contributed by atoms with E-state index >= 15 is 0 Å². The van der Waals surface area contributed by atoms with E-state index in [0.717, 1.165) is 0 Å². The fraction of sp³-hybridized carbons (Fsp3) is 0.500. The molecule has 0 aromatic heterocycles. The smallest absolute Gasteiger partial charge is 0.338 e. The van der Waals surface area contributed by atoms with Crippen molar-refractivity contribution < 1.29 is 27.5 Å². The standard InChI is InChI=1S/C16H18ClNO6S/c17-12-5-4-11(16(20)24-14-3-1-2-13(14)19)10-15(12)25(21,22)18-6-8-23-9-7-18/h4-5,10,14H,1-3,6-9H2/t14-/m1/s1. The molecule has 1 heterocycles. The summed E-state index contributed by atoms with van der Waals surface area (Å²) in [6.45, 7) is 1.07. The number of carbonyl (C=O) groups is 2. The van der Waals surface area contributed by atoms with Crippen molar-refractivity contribution in [3.8, 4) is 0 Å². The van der Waals surface area contributed by atoms with Crippen LogP contribution in [0.5, 0.6) is 0 Å². The average Bonchev–Trinajstić information content (AvgIpc) is 3.00. The Balaban J connectivity index is 1.84. The molecule has 136 valence electrons. The largest absolute Gasteiger partial charge is 0.451 e. The predicted molar refractivity (Wildman–Crippen MR) is 89.1 cm³/mol. The Morgan fingerprint density at radius 1 is 1.28 bits per heavy atom. The molecule has 0 amide bonds. The summed E-state index contributed by atoms with van der Waals surface area (Å²) in [4.78, 5) is 23.7. The van der Waals surface area contributed by atoms with Crippen molar-refractivity contribution in [2.75, 3.05) is 26.3 Å². The number of carbonyl (C=O) groups excluding carboxylic acids is 2. The molecule has 2 aliphatic rings. The monoisotopic (exact) mass is 387 g/mol. The minimum absolute atomic E-state index is 0.0278. The number of hydrogen-bond donors (Lipinski definition) is 0. The van der Waals surface area contributed by atoms with Crippen molar-refractivity contribution in [1.82, 2.24) is 4.31 Å². The van der Waals surface area contributed by atoms with Gasteiger partial charge in [0.15, 0.2) is 11.9 Å². The van der Waals surface area contributed by atoms with Crippen molar-refractivity contribution >= 4 is 33.4 Å². The van der Waals surface area contributed by atoms with E-state index in [1.54, 1.807) is 0 Å². The summed E-state index contributed by atoms with van der Waals surface area (Å²) in [6.07, 6.45) is 0.836. The van der Waals surface area contributed by atoms with Crippen LogP contribution in [0.3, 0.4) is 0 Å². The number of morpholine rings is 1. The summed E-state index contributed by atoms with van der Waals surface area (Å²) in [5, 5.41) is 0.0278. The number of halogens is 1. The number of benzene rings is 1. The lowest BCUT2D eigenvalue weighted by molar-refractivity contribution is -0.124. The van der Waals surface area contributed by atoms with E-state index in [4.69, 9.17) is 21.1 Å². The van der Waals surface area contributed by atoms with Crippen LogP contribution in [-0.4, -0.2) is 56.9 Å². The number of sulfonamides is 1. The molecule has 2 fully saturated rings. The molecule has 1 aromatic rings. The Kier molecular flexibility index (Phi) is 5.43. The van der Waals surface area contributed by atoms with Crippen molar-refractivity contribution in [3.63, 3.8) is 0 Å². The molecule has 25 heavy (non-hydrogen) atoms. The minimum Gasteiger partial charge on any atom is -0.451 e. The van der Waals surface area contributed by atoms with Gasteiger partial charge in [-0.15, -0.1) is 0 Å². The molecule has 7 nitrogen and oxygen atoms in total. The van der Waals surface area contributed by atoms with Gasteiger partial charge in [-0.05, 0) is 31.0 Å².